The van der Waals surface area contributed by atoms with E-state index in [1.807, 2.05) is 12.3 Å². The van der Waals surface area contributed by atoms with E-state index < -0.39 is 0 Å². The Kier molecular flexibility index (Phi) is 5.66. The summed E-state index contributed by atoms with van der Waals surface area (Å²) in [7, 11) is 0. The van der Waals surface area contributed by atoms with E-state index in [1.165, 1.54) is 10.4 Å². The van der Waals surface area contributed by atoms with Crippen molar-refractivity contribution in [1.29, 1.82) is 0 Å². The molecular weight excluding hydrogens is 390 g/mol. The van der Waals surface area contributed by atoms with Crippen LogP contribution in [-0.4, -0.2) is 27.1 Å². The second-order valence-corrected chi connectivity index (χ2v) is 10.6. The first-order chi connectivity index (χ1) is 14.2. The molecule has 0 saturated carbocycles. The van der Waals surface area contributed by atoms with Gasteiger partial charge in [0.15, 0.2) is 0 Å². The topological polar surface area (TPSA) is 75.9 Å². The van der Waals surface area contributed by atoms with Crippen LogP contribution < -0.4 is 16.4 Å². The summed E-state index contributed by atoms with van der Waals surface area (Å²) in [6.07, 6.45) is 3.91. The lowest BCUT2D eigenvalue weighted by Crippen LogP contribution is -2.60. The molecule has 1 aliphatic heterocycles. The summed E-state index contributed by atoms with van der Waals surface area (Å²) < 4.78 is 0. The number of benzene rings is 1. The molecule has 4 N–H and O–H groups in total. The van der Waals surface area contributed by atoms with Crippen molar-refractivity contribution in [2.75, 3.05) is 5.32 Å². The van der Waals surface area contributed by atoms with E-state index in [2.05, 4.69) is 79.7 Å². The number of anilines is 1. The molecule has 5 nitrogen and oxygen atoms in total. The van der Waals surface area contributed by atoms with Crippen molar-refractivity contribution >= 4 is 17.3 Å². The van der Waals surface area contributed by atoms with Crippen LogP contribution in [0.15, 0.2) is 48.7 Å². The number of thiophene rings is 1. The predicted octanol–water partition coefficient (Wildman–Crippen LogP) is 5.05. The summed E-state index contributed by atoms with van der Waals surface area (Å²) in [6.45, 7) is 9.58. The van der Waals surface area contributed by atoms with Crippen molar-refractivity contribution in [2.24, 2.45) is 5.73 Å². The third-order valence-corrected chi connectivity index (χ3v) is 6.64. The molecule has 30 heavy (non-hydrogen) atoms. The van der Waals surface area contributed by atoms with Gasteiger partial charge in [-0.15, -0.1) is 11.3 Å². The van der Waals surface area contributed by atoms with Gasteiger partial charge in [0.25, 0.3) is 0 Å². The minimum atomic E-state index is 0.0811. The second-order valence-electron chi connectivity index (χ2n) is 9.48. The first kappa shape index (κ1) is 21.0. The molecule has 158 valence electrons. The third kappa shape index (κ3) is 4.89. The molecule has 1 saturated heterocycles. The lowest BCUT2D eigenvalue weighted by atomic mass is 9.80. The average Bonchev–Trinajstić information content (AvgIpc) is 3.16. The van der Waals surface area contributed by atoms with Gasteiger partial charge in [-0.25, -0.2) is 9.97 Å². The van der Waals surface area contributed by atoms with Crippen molar-refractivity contribution in [1.82, 2.24) is 15.3 Å². The number of piperidine rings is 1. The van der Waals surface area contributed by atoms with E-state index in [-0.39, 0.29) is 11.1 Å². The van der Waals surface area contributed by atoms with Crippen LogP contribution >= 0.6 is 11.3 Å². The molecule has 2 aromatic heterocycles. The fraction of sp³-hybridized carbons (Fsp3) is 0.417. The number of rotatable bonds is 5. The zero-order valence-corrected chi connectivity index (χ0v) is 19.0. The van der Waals surface area contributed by atoms with Crippen LogP contribution in [-0.2, 0) is 6.54 Å². The fourth-order valence-corrected chi connectivity index (χ4v) is 5.63. The molecule has 3 aromatic rings. The molecule has 1 aliphatic rings. The van der Waals surface area contributed by atoms with Crippen molar-refractivity contribution in [3.05, 3.63) is 54.2 Å². The van der Waals surface area contributed by atoms with Crippen molar-refractivity contribution in [3.8, 4) is 21.0 Å². The van der Waals surface area contributed by atoms with E-state index in [0.717, 1.165) is 29.0 Å². The molecule has 0 aliphatic carbocycles. The Morgan fingerprint density at radius 3 is 2.53 bits per heavy atom. The van der Waals surface area contributed by atoms with Crippen LogP contribution in [0.1, 0.15) is 46.1 Å². The maximum atomic E-state index is 5.80. The Morgan fingerprint density at radius 1 is 1.07 bits per heavy atom. The van der Waals surface area contributed by atoms with Crippen molar-refractivity contribution in [2.45, 2.75) is 64.2 Å². The normalized spacial score (nSPS) is 18.3. The molecule has 0 unspecified atom stereocenters. The van der Waals surface area contributed by atoms with Gasteiger partial charge >= 0.3 is 0 Å². The average molecular weight is 422 g/mol. The molecule has 1 fully saturated rings. The highest BCUT2D eigenvalue weighted by atomic mass is 32.1. The largest absolute Gasteiger partial charge is 0.351 e. The molecule has 1 aromatic carbocycles. The van der Waals surface area contributed by atoms with Crippen LogP contribution in [0.3, 0.4) is 0 Å². The van der Waals surface area contributed by atoms with Gasteiger partial charge in [0, 0.05) is 34.7 Å². The highest BCUT2D eigenvalue weighted by molar-refractivity contribution is 7.18. The summed E-state index contributed by atoms with van der Waals surface area (Å²) in [5.41, 5.74) is 9.25. The maximum Gasteiger partial charge on any atom is 0.223 e. The smallest absolute Gasteiger partial charge is 0.223 e. The first-order valence-corrected chi connectivity index (χ1v) is 11.3. The summed E-state index contributed by atoms with van der Waals surface area (Å²) >= 11 is 1.74. The Hall–Kier alpha value is -2.28. The molecular formula is C24H31N5S. The lowest BCUT2D eigenvalue weighted by Gasteiger charge is -2.46. The van der Waals surface area contributed by atoms with Crippen LogP contribution in [0.4, 0.5) is 5.95 Å². The van der Waals surface area contributed by atoms with Crippen LogP contribution in [0.25, 0.3) is 21.0 Å². The quantitative estimate of drug-likeness (QED) is 0.537. The van der Waals surface area contributed by atoms with E-state index in [0.29, 0.717) is 18.5 Å². The summed E-state index contributed by atoms with van der Waals surface area (Å²) in [4.78, 5) is 11.7. The highest BCUT2D eigenvalue weighted by Crippen LogP contribution is 2.35. The van der Waals surface area contributed by atoms with Gasteiger partial charge in [0.05, 0.1) is 10.6 Å². The van der Waals surface area contributed by atoms with Crippen molar-refractivity contribution in [3.63, 3.8) is 0 Å². The SMILES string of the molecule is CC1(C)CC(Nc2nccc(-c3ccc(-c4cccc(CN)c4)s3)n2)CC(C)(C)N1. The number of nitrogens with one attached hydrogen (secondary N) is 2. The van der Waals surface area contributed by atoms with E-state index in [9.17, 15) is 0 Å². The predicted molar refractivity (Wildman–Crippen MR) is 127 cm³/mol. The van der Waals surface area contributed by atoms with E-state index >= 15 is 0 Å². The van der Waals surface area contributed by atoms with Crippen LogP contribution in [0.2, 0.25) is 0 Å². The minimum Gasteiger partial charge on any atom is -0.351 e. The Labute approximate surface area is 183 Å². The van der Waals surface area contributed by atoms with Crippen LogP contribution in [0.5, 0.6) is 0 Å². The van der Waals surface area contributed by atoms with Gasteiger partial charge in [-0.05, 0) is 75.9 Å². The van der Waals surface area contributed by atoms with Crippen molar-refractivity contribution < 1.29 is 0 Å². The Bertz CT molecular complexity index is 1010. The van der Waals surface area contributed by atoms with Gasteiger partial charge in [-0.1, -0.05) is 18.2 Å². The molecule has 0 spiro atoms. The highest BCUT2D eigenvalue weighted by Gasteiger charge is 2.37. The number of aromatic nitrogens is 2. The third-order valence-electron chi connectivity index (χ3n) is 5.48. The Morgan fingerprint density at radius 2 is 1.80 bits per heavy atom. The fourth-order valence-electron chi connectivity index (χ4n) is 4.65. The standard InChI is InChI=1S/C24H31N5S/c1-23(2)13-18(14-24(3,4)29-23)27-22-26-11-10-19(28-22)21-9-8-20(30-21)17-7-5-6-16(12-17)15-25/h5-12,18,29H,13-15,25H2,1-4H3,(H,26,27,28). The van der Waals surface area contributed by atoms with Gasteiger partial charge in [-0.2, -0.15) is 0 Å². The number of hydrogen-bond donors (Lipinski definition) is 3. The lowest BCUT2D eigenvalue weighted by molar-refractivity contribution is 0.170. The first-order valence-electron chi connectivity index (χ1n) is 10.5. The van der Waals surface area contributed by atoms with Crippen LogP contribution in [0, 0.1) is 0 Å². The summed E-state index contributed by atoms with van der Waals surface area (Å²) in [6, 6.07) is 15.0. The molecule has 3 heterocycles. The zero-order chi connectivity index (χ0) is 21.4. The number of nitrogens with zero attached hydrogens (tertiary/aromatic N) is 2. The molecule has 6 heteroatoms. The second kappa shape index (κ2) is 8.10. The maximum absolute atomic E-state index is 5.80. The molecule has 4 rings (SSSR count). The summed E-state index contributed by atoms with van der Waals surface area (Å²) in [5, 5.41) is 7.31. The van der Waals surface area contributed by atoms with Gasteiger partial charge in [0.1, 0.15) is 0 Å². The monoisotopic (exact) mass is 421 g/mol. The van der Waals surface area contributed by atoms with E-state index in [4.69, 9.17) is 10.7 Å². The zero-order valence-electron chi connectivity index (χ0n) is 18.2. The molecule has 0 amide bonds. The van der Waals surface area contributed by atoms with E-state index in [1.54, 1.807) is 11.3 Å². The molecule has 0 atom stereocenters. The van der Waals surface area contributed by atoms with Gasteiger partial charge in [0.2, 0.25) is 5.95 Å². The van der Waals surface area contributed by atoms with Gasteiger partial charge in [-0.3, -0.25) is 0 Å². The Balaban J connectivity index is 1.53. The minimum absolute atomic E-state index is 0.0811. The molecule has 0 bridgehead atoms. The summed E-state index contributed by atoms with van der Waals surface area (Å²) in [5.74, 6) is 0.700. The molecule has 0 radical (unpaired) electrons. The number of hydrogen-bond acceptors (Lipinski definition) is 6. The van der Waals surface area contributed by atoms with Gasteiger partial charge < -0.3 is 16.4 Å². The number of nitrogens with two attached hydrogens (primary N) is 1.